The second-order valence-electron chi connectivity index (χ2n) is 7.46. The van der Waals surface area contributed by atoms with Crippen LogP contribution < -0.4 is 0 Å². The van der Waals surface area contributed by atoms with E-state index in [9.17, 15) is 4.79 Å². The Bertz CT molecular complexity index is 873. The Morgan fingerprint density at radius 2 is 2.04 bits per heavy atom. The molecule has 144 valence electrons. The maximum absolute atomic E-state index is 12.9. The fourth-order valence-electron chi connectivity index (χ4n) is 4.41. The number of amides is 1. The van der Waals surface area contributed by atoms with Gasteiger partial charge in [0.25, 0.3) is 0 Å². The minimum atomic E-state index is 0.264. The molecule has 1 saturated carbocycles. The number of benzene rings is 1. The molecule has 0 radical (unpaired) electrons. The Hall–Kier alpha value is -1.18. The summed E-state index contributed by atoms with van der Waals surface area (Å²) in [5.74, 6) is 1.45. The standard InChI is InChI=1S/C20H25N3OS3/c1-14-7-2-4-10-16(14)23-20(25)27-19(21-23)26-13-18(24)22-12-6-9-15-8-3-5-11-17(15)22/h2,4,7,10,15,17H,3,5-6,8-9,11-13H2,1H3/t15-,17+/m0/s1. The number of rotatable bonds is 4. The van der Waals surface area contributed by atoms with Crippen LogP contribution in [0.2, 0.25) is 0 Å². The van der Waals surface area contributed by atoms with Gasteiger partial charge in [0.1, 0.15) is 0 Å². The lowest BCUT2D eigenvalue weighted by Gasteiger charge is -2.44. The molecule has 1 aromatic heterocycles. The fourth-order valence-corrected chi connectivity index (χ4v) is 6.65. The van der Waals surface area contributed by atoms with Gasteiger partial charge in [-0.15, -0.1) is 5.10 Å². The predicted molar refractivity (Wildman–Crippen MR) is 114 cm³/mol. The molecule has 2 aliphatic rings. The maximum Gasteiger partial charge on any atom is 0.233 e. The number of carbonyl (C=O) groups is 1. The smallest absolute Gasteiger partial charge is 0.233 e. The molecule has 2 heterocycles. The van der Waals surface area contributed by atoms with Gasteiger partial charge < -0.3 is 4.90 Å². The molecule has 0 bridgehead atoms. The minimum absolute atomic E-state index is 0.264. The van der Waals surface area contributed by atoms with E-state index >= 15 is 0 Å². The van der Waals surface area contributed by atoms with Crippen LogP contribution in [0, 0.1) is 16.8 Å². The first-order chi connectivity index (χ1) is 13.1. The number of hydrogen-bond donors (Lipinski definition) is 0. The topological polar surface area (TPSA) is 38.1 Å². The molecule has 4 rings (SSSR count). The third-order valence-corrected chi connectivity index (χ3v) is 8.11. The lowest BCUT2D eigenvalue weighted by atomic mass is 9.78. The largest absolute Gasteiger partial charge is 0.339 e. The van der Waals surface area contributed by atoms with Crippen LogP contribution in [0.5, 0.6) is 0 Å². The van der Waals surface area contributed by atoms with Gasteiger partial charge in [0, 0.05) is 12.6 Å². The van der Waals surface area contributed by atoms with Crippen molar-refractivity contribution in [3.8, 4) is 5.69 Å². The van der Waals surface area contributed by atoms with Gasteiger partial charge in [-0.25, -0.2) is 4.68 Å². The first-order valence-corrected chi connectivity index (χ1v) is 11.9. The van der Waals surface area contributed by atoms with Crippen LogP contribution in [0.15, 0.2) is 28.6 Å². The van der Waals surface area contributed by atoms with Crippen LogP contribution in [0.4, 0.5) is 0 Å². The van der Waals surface area contributed by atoms with Crippen LogP contribution in [-0.4, -0.2) is 38.9 Å². The fraction of sp³-hybridized carbons (Fsp3) is 0.550. The molecule has 7 heteroatoms. The number of aryl methyl sites for hydroxylation is 1. The third-order valence-electron chi connectivity index (χ3n) is 5.76. The summed E-state index contributed by atoms with van der Waals surface area (Å²) in [4.78, 5) is 15.1. The Morgan fingerprint density at radius 3 is 2.89 bits per heavy atom. The second kappa shape index (κ2) is 8.45. The number of thioether (sulfide) groups is 1. The Labute approximate surface area is 174 Å². The normalized spacial score (nSPS) is 22.5. The Morgan fingerprint density at radius 1 is 1.26 bits per heavy atom. The highest BCUT2D eigenvalue weighted by Gasteiger charge is 2.35. The van der Waals surface area contributed by atoms with E-state index < -0.39 is 0 Å². The number of carbonyl (C=O) groups excluding carboxylic acids is 1. The van der Waals surface area contributed by atoms with Crippen molar-refractivity contribution >= 4 is 41.2 Å². The third kappa shape index (κ3) is 4.15. The number of fused-ring (bicyclic) bond motifs is 1. The maximum atomic E-state index is 12.9. The molecule has 0 unspecified atom stereocenters. The van der Waals surface area contributed by atoms with E-state index in [1.54, 1.807) is 0 Å². The zero-order chi connectivity index (χ0) is 18.8. The highest BCUT2D eigenvalue weighted by atomic mass is 32.2. The van der Waals surface area contributed by atoms with Crippen LogP contribution in [0.25, 0.3) is 5.69 Å². The molecular weight excluding hydrogens is 394 g/mol. The summed E-state index contributed by atoms with van der Waals surface area (Å²) in [5.41, 5.74) is 2.15. The van der Waals surface area contributed by atoms with Gasteiger partial charge >= 0.3 is 0 Å². The summed E-state index contributed by atoms with van der Waals surface area (Å²) in [5, 5.41) is 4.66. The molecule has 0 N–H and O–H groups in total. The van der Waals surface area contributed by atoms with E-state index in [2.05, 4.69) is 23.0 Å². The first kappa shape index (κ1) is 19.2. The molecule has 4 nitrogen and oxygen atoms in total. The monoisotopic (exact) mass is 419 g/mol. The summed E-state index contributed by atoms with van der Waals surface area (Å²) in [6.45, 7) is 2.98. The van der Waals surface area contributed by atoms with Gasteiger partial charge in [0.15, 0.2) is 8.29 Å². The Kier molecular flexibility index (Phi) is 5.99. The van der Waals surface area contributed by atoms with Crippen LogP contribution in [0.3, 0.4) is 0 Å². The van der Waals surface area contributed by atoms with Crippen molar-refractivity contribution < 1.29 is 4.79 Å². The lowest BCUT2D eigenvalue weighted by Crippen LogP contribution is -2.50. The molecule has 2 aromatic rings. The van der Waals surface area contributed by atoms with E-state index in [4.69, 9.17) is 12.2 Å². The van der Waals surface area contributed by atoms with E-state index in [-0.39, 0.29) is 5.91 Å². The molecule has 1 aromatic carbocycles. The molecule has 2 atom stereocenters. The molecule has 1 aliphatic carbocycles. The van der Waals surface area contributed by atoms with Crippen molar-refractivity contribution in [3.63, 3.8) is 0 Å². The van der Waals surface area contributed by atoms with Crippen LogP contribution in [-0.2, 0) is 4.79 Å². The number of nitrogens with zero attached hydrogens (tertiary/aromatic N) is 3. The molecular formula is C20H25N3OS3. The van der Waals surface area contributed by atoms with Gasteiger partial charge in [0.2, 0.25) is 5.91 Å². The molecule has 1 amide bonds. The predicted octanol–water partition coefficient (Wildman–Crippen LogP) is 5.25. The van der Waals surface area contributed by atoms with E-state index in [1.807, 2.05) is 22.9 Å². The van der Waals surface area contributed by atoms with Crippen LogP contribution in [0.1, 0.15) is 44.1 Å². The quantitative estimate of drug-likeness (QED) is 0.501. The highest BCUT2D eigenvalue weighted by molar-refractivity contribution is 8.01. The van der Waals surface area contributed by atoms with Crippen molar-refractivity contribution in [3.05, 3.63) is 33.8 Å². The summed E-state index contributed by atoms with van der Waals surface area (Å²) >= 11 is 8.52. The van der Waals surface area contributed by atoms with Gasteiger partial charge in [-0.05, 0) is 62.4 Å². The molecule has 2 fully saturated rings. The number of likely N-dealkylation sites (tertiary alicyclic amines) is 1. The van der Waals surface area contributed by atoms with Gasteiger partial charge in [0.05, 0.1) is 11.4 Å². The summed E-state index contributed by atoms with van der Waals surface area (Å²) < 4.78 is 3.42. The van der Waals surface area contributed by atoms with Crippen molar-refractivity contribution in [2.45, 2.75) is 55.8 Å². The van der Waals surface area contributed by atoms with E-state index in [1.165, 1.54) is 55.2 Å². The summed E-state index contributed by atoms with van der Waals surface area (Å²) in [7, 11) is 0. The number of piperidine rings is 1. The van der Waals surface area contributed by atoms with Gasteiger partial charge in [-0.1, -0.05) is 54.1 Å². The van der Waals surface area contributed by atoms with E-state index in [0.29, 0.717) is 11.8 Å². The van der Waals surface area contributed by atoms with Gasteiger partial charge in [-0.3, -0.25) is 4.79 Å². The number of hydrogen-bond acceptors (Lipinski definition) is 5. The Balaban J connectivity index is 1.43. The van der Waals surface area contributed by atoms with Crippen molar-refractivity contribution in [1.82, 2.24) is 14.7 Å². The summed E-state index contributed by atoms with van der Waals surface area (Å²) in [6, 6.07) is 8.57. The molecule has 1 aliphatic heterocycles. The van der Waals surface area contributed by atoms with Crippen molar-refractivity contribution in [2.75, 3.05) is 12.3 Å². The average Bonchev–Trinajstić information content (AvgIpc) is 3.06. The van der Waals surface area contributed by atoms with Crippen molar-refractivity contribution in [1.29, 1.82) is 0 Å². The van der Waals surface area contributed by atoms with Gasteiger partial charge in [-0.2, -0.15) is 0 Å². The molecule has 1 saturated heterocycles. The zero-order valence-corrected chi connectivity index (χ0v) is 18.0. The number of para-hydroxylation sites is 1. The molecule has 27 heavy (non-hydrogen) atoms. The number of aromatic nitrogens is 2. The lowest BCUT2D eigenvalue weighted by molar-refractivity contribution is -0.134. The first-order valence-electron chi connectivity index (χ1n) is 9.72. The minimum Gasteiger partial charge on any atom is -0.339 e. The SMILES string of the molecule is Cc1ccccc1-n1nc(SCC(=O)N2CCC[C@@H]3CCCC[C@H]32)sc1=S. The molecule has 0 spiro atoms. The highest BCUT2D eigenvalue weighted by Crippen LogP contribution is 2.36. The average molecular weight is 420 g/mol. The van der Waals surface area contributed by atoms with Crippen molar-refractivity contribution in [2.24, 2.45) is 5.92 Å². The zero-order valence-electron chi connectivity index (χ0n) is 15.6. The summed E-state index contributed by atoms with van der Waals surface area (Å²) in [6.07, 6.45) is 7.52. The van der Waals surface area contributed by atoms with Crippen LogP contribution >= 0.6 is 35.3 Å². The van der Waals surface area contributed by atoms with E-state index in [0.717, 1.165) is 38.4 Å². The second-order valence-corrected chi connectivity index (χ2v) is 10.3.